The van der Waals surface area contributed by atoms with E-state index in [1.165, 1.54) is 16.8 Å². The Balaban J connectivity index is 1.42. The van der Waals surface area contributed by atoms with Gasteiger partial charge in [-0.3, -0.25) is 0 Å². The van der Waals surface area contributed by atoms with E-state index >= 15 is 0 Å². The molecule has 2 heterocycles. The molecule has 0 bridgehead atoms. The van der Waals surface area contributed by atoms with Crippen LogP contribution < -0.4 is 19.7 Å². The highest BCUT2D eigenvalue weighted by atomic mass is 16.7. The summed E-state index contributed by atoms with van der Waals surface area (Å²) in [7, 11) is 0. The molecule has 0 unspecified atom stereocenters. The van der Waals surface area contributed by atoms with Crippen molar-refractivity contribution in [3.63, 3.8) is 0 Å². The van der Waals surface area contributed by atoms with Crippen LogP contribution in [-0.2, 0) is 19.6 Å². The molecular formula is C23H21N3O2. The van der Waals surface area contributed by atoms with E-state index < -0.39 is 0 Å². The second-order valence-electron chi connectivity index (χ2n) is 6.88. The van der Waals surface area contributed by atoms with Crippen LogP contribution in [0.1, 0.15) is 16.7 Å². The van der Waals surface area contributed by atoms with Crippen molar-refractivity contribution in [3.05, 3.63) is 89.5 Å². The summed E-state index contributed by atoms with van der Waals surface area (Å²) in [4.78, 5) is 7.05. The van der Waals surface area contributed by atoms with Crippen molar-refractivity contribution in [2.24, 2.45) is 4.99 Å². The monoisotopic (exact) mass is 371 g/mol. The molecule has 0 saturated carbocycles. The van der Waals surface area contributed by atoms with Crippen LogP contribution in [0.3, 0.4) is 0 Å². The van der Waals surface area contributed by atoms with Crippen LogP contribution in [0.15, 0.2) is 77.8 Å². The molecule has 2 aliphatic rings. The van der Waals surface area contributed by atoms with Gasteiger partial charge in [-0.1, -0.05) is 54.6 Å². The largest absolute Gasteiger partial charge is 0.454 e. The predicted molar refractivity (Wildman–Crippen MR) is 110 cm³/mol. The lowest BCUT2D eigenvalue weighted by Gasteiger charge is -2.32. The van der Waals surface area contributed by atoms with Crippen molar-refractivity contribution in [3.8, 4) is 11.5 Å². The molecule has 1 N–H and O–H groups in total. The Morgan fingerprint density at radius 1 is 0.857 bits per heavy atom. The number of rotatable bonds is 4. The van der Waals surface area contributed by atoms with Crippen molar-refractivity contribution < 1.29 is 9.47 Å². The Kier molecular flexibility index (Phi) is 4.33. The normalized spacial score (nSPS) is 14.4. The zero-order valence-corrected chi connectivity index (χ0v) is 15.5. The van der Waals surface area contributed by atoms with Crippen molar-refractivity contribution in [1.29, 1.82) is 0 Å². The summed E-state index contributed by atoms with van der Waals surface area (Å²) >= 11 is 0. The Morgan fingerprint density at radius 2 is 1.68 bits per heavy atom. The van der Waals surface area contributed by atoms with Crippen molar-refractivity contribution in [2.45, 2.75) is 19.6 Å². The molecule has 2 aliphatic heterocycles. The summed E-state index contributed by atoms with van der Waals surface area (Å²) in [5.41, 5.74) is 4.79. The molecule has 0 amide bonds. The van der Waals surface area contributed by atoms with Gasteiger partial charge in [-0.15, -0.1) is 0 Å². The number of anilines is 1. The van der Waals surface area contributed by atoms with Gasteiger partial charge in [-0.05, 0) is 34.9 Å². The van der Waals surface area contributed by atoms with Crippen molar-refractivity contribution in [2.75, 3.05) is 11.7 Å². The Hall–Kier alpha value is -3.47. The quantitative estimate of drug-likeness (QED) is 0.751. The maximum atomic E-state index is 5.54. The van der Waals surface area contributed by atoms with Crippen LogP contribution in [0.2, 0.25) is 0 Å². The summed E-state index contributed by atoms with van der Waals surface area (Å²) in [6.45, 7) is 2.41. The number of hydrogen-bond acceptors (Lipinski definition) is 5. The van der Waals surface area contributed by atoms with Crippen LogP contribution in [-0.4, -0.2) is 12.8 Å². The van der Waals surface area contributed by atoms with E-state index in [4.69, 9.17) is 14.5 Å². The molecule has 3 aromatic carbocycles. The Morgan fingerprint density at radius 3 is 2.61 bits per heavy atom. The third kappa shape index (κ3) is 3.27. The van der Waals surface area contributed by atoms with E-state index in [0.29, 0.717) is 13.1 Å². The van der Waals surface area contributed by atoms with E-state index in [1.54, 1.807) is 0 Å². The number of nitrogens with zero attached hydrogens (tertiary/aromatic N) is 2. The number of benzene rings is 3. The van der Waals surface area contributed by atoms with E-state index in [2.05, 4.69) is 64.8 Å². The van der Waals surface area contributed by atoms with Gasteiger partial charge in [0.2, 0.25) is 6.79 Å². The molecule has 0 aliphatic carbocycles. The minimum atomic E-state index is 0.288. The van der Waals surface area contributed by atoms with Crippen LogP contribution >= 0.6 is 0 Å². The number of aliphatic imine (C=N–C) groups is 1. The zero-order valence-electron chi connectivity index (χ0n) is 15.5. The van der Waals surface area contributed by atoms with E-state index in [-0.39, 0.29) is 6.79 Å². The third-order valence-electron chi connectivity index (χ3n) is 5.01. The van der Waals surface area contributed by atoms with Crippen LogP contribution in [0.5, 0.6) is 11.5 Å². The molecule has 0 spiro atoms. The first-order chi connectivity index (χ1) is 13.9. The average Bonchev–Trinajstić information content (AvgIpc) is 3.22. The molecule has 140 valence electrons. The highest BCUT2D eigenvalue weighted by Gasteiger charge is 2.22. The van der Waals surface area contributed by atoms with Gasteiger partial charge < -0.3 is 19.7 Å². The fraction of sp³-hybridized carbons (Fsp3) is 0.174. The van der Waals surface area contributed by atoms with Crippen LogP contribution in [0.4, 0.5) is 5.69 Å². The Labute approximate surface area is 164 Å². The van der Waals surface area contributed by atoms with E-state index in [0.717, 1.165) is 29.6 Å². The molecule has 0 atom stereocenters. The summed E-state index contributed by atoms with van der Waals surface area (Å²) < 4.78 is 11.0. The third-order valence-corrected chi connectivity index (χ3v) is 5.01. The van der Waals surface area contributed by atoms with Gasteiger partial charge in [0, 0.05) is 12.2 Å². The summed E-state index contributed by atoms with van der Waals surface area (Å²) in [5.74, 6) is 2.50. The second-order valence-corrected chi connectivity index (χ2v) is 6.88. The molecule has 0 radical (unpaired) electrons. The van der Waals surface area contributed by atoms with Gasteiger partial charge in [0.1, 0.15) is 0 Å². The van der Waals surface area contributed by atoms with E-state index in [9.17, 15) is 0 Å². The van der Waals surface area contributed by atoms with Gasteiger partial charge in [-0.25, -0.2) is 4.99 Å². The lowest BCUT2D eigenvalue weighted by molar-refractivity contribution is 0.174. The van der Waals surface area contributed by atoms with Crippen molar-refractivity contribution >= 4 is 11.6 Å². The summed E-state index contributed by atoms with van der Waals surface area (Å²) in [6, 6.07) is 24.9. The number of para-hydroxylation sites is 1. The molecule has 0 fully saturated rings. The highest BCUT2D eigenvalue weighted by Crippen LogP contribution is 2.34. The van der Waals surface area contributed by atoms with E-state index in [1.807, 2.05) is 18.2 Å². The molecule has 0 saturated heterocycles. The lowest BCUT2D eigenvalue weighted by Crippen LogP contribution is -2.43. The minimum absolute atomic E-state index is 0.288. The predicted octanol–water partition coefficient (Wildman–Crippen LogP) is 4.08. The number of nitrogens with one attached hydrogen (secondary N) is 1. The first-order valence-electron chi connectivity index (χ1n) is 9.43. The van der Waals surface area contributed by atoms with Gasteiger partial charge in [0.05, 0.1) is 13.1 Å². The average molecular weight is 371 g/mol. The van der Waals surface area contributed by atoms with Crippen LogP contribution in [0.25, 0.3) is 0 Å². The van der Waals surface area contributed by atoms with Crippen molar-refractivity contribution in [1.82, 2.24) is 5.32 Å². The number of fused-ring (bicyclic) bond motifs is 2. The number of hydrogen-bond donors (Lipinski definition) is 1. The lowest BCUT2D eigenvalue weighted by atomic mass is 10.1. The molecule has 5 nitrogen and oxygen atoms in total. The topological polar surface area (TPSA) is 46.1 Å². The molecular weight excluding hydrogens is 350 g/mol. The minimum Gasteiger partial charge on any atom is -0.454 e. The number of ether oxygens (including phenoxy) is 2. The molecule has 5 heteroatoms. The first kappa shape index (κ1) is 16.7. The molecule has 5 rings (SSSR count). The Bertz CT molecular complexity index is 1020. The standard InChI is InChI=1S/C23H21N3O2/c1-2-6-17(7-3-1)13-24-23-25-14-19-8-4-5-9-20(19)26(23)15-18-10-11-21-22(12-18)28-16-27-21/h1-12H,13-16H2,(H,24,25). The van der Waals surface area contributed by atoms with Gasteiger partial charge in [-0.2, -0.15) is 0 Å². The maximum Gasteiger partial charge on any atom is 0.231 e. The smallest absolute Gasteiger partial charge is 0.231 e. The molecule has 28 heavy (non-hydrogen) atoms. The molecule has 3 aromatic rings. The van der Waals surface area contributed by atoms with Gasteiger partial charge in [0.15, 0.2) is 17.5 Å². The second kappa shape index (κ2) is 7.27. The SMILES string of the molecule is c1ccc(CNC2=NCc3ccccc3N2Cc2ccc3c(c2)OCO3)cc1. The molecule has 0 aromatic heterocycles. The fourth-order valence-electron chi connectivity index (χ4n) is 3.58. The van der Waals surface area contributed by atoms with Crippen LogP contribution in [0, 0.1) is 0 Å². The first-order valence-corrected chi connectivity index (χ1v) is 9.43. The highest BCUT2D eigenvalue weighted by molar-refractivity contribution is 5.98. The number of guanidine groups is 1. The summed E-state index contributed by atoms with van der Waals surface area (Å²) in [5, 5.41) is 3.52. The van der Waals surface area contributed by atoms with Gasteiger partial charge in [0.25, 0.3) is 0 Å². The summed E-state index contributed by atoms with van der Waals surface area (Å²) in [6.07, 6.45) is 0. The zero-order chi connectivity index (χ0) is 18.8. The van der Waals surface area contributed by atoms with Gasteiger partial charge >= 0.3 is 0 Å². The fourth-order valence-corrected chi connectivity index (χ4v) is 3.58. The maximum absolute atomic E-state index is 5.54.